The fourth-order valence-corrected chi connectivity index (χ4v) is 3.05. The molecule has 4 heteroatoms. The predicted octanol–water partition coefficient (Wildman–Crippen LogP) is 2.89. The largest absolute Gasteiger partial charge is 0.459 e. The minimum atomic E-state index is -0.230. The van der Waals surface area contributed by atoms with Gasteiger partial charge in [-0.25, -0.2) is 4.79 Å². The highest BCUT2D eigenvalue weighted by Crippen LogP contribution is 2.28. The molecule has 0 N–H and O–H groups in total. The average Bonchev–Trinajstić information content (AvgIpc) is 2.49. The fraction of sp³-hybridized carbons (Fsp3) is 0.625. The molecule has 0 aliphatic carbocycles. The van der Waals surface area contributed by atoms with Crippen LogP contribution >= 0.6 is 0 Å². The highest BCUT2D eigenvalue weighted by Gasteiger charge is 2.33. The first-order chi connectivity index (χ1) is 9.65. The van der Waals surface area contributed by atoms with Gasteiger partial charge in [0.05, 0.1) is 5.56 Å². The number of esters is 1. The van der Waals surface area contributed by atoms with Crippen molar-refractivity contribution in [3.8, 4) is 0 Å². The van der Waals surface area contributed by atoms with Crippen molar-refractivity contribution in [2.75, 3.05) is 7.05 Å². The third-order valence-electron chi connectivity index (χ3n) is 4.35. The summed E-state index contributed by atoms with van der Waals surface area (Å²) in [4.78, 5) is 18.5. The smallest absolute Gasteiger partial charge is 0.338 e. The molecule has 0 aromatic carbocycles. The molecule has 3 atom stereocenters. The number of hydrogen-bond donors (Lipinski definition) is 0. The summed E-state index contributed by atoms with van der Waals surface area (Å²) in [7, 11) is 2.18. The maximum Gasteiger partial charge on any atom is 0.338 e. The Morgan fingerprint density at radius 1 is 1.25 bits per heavy atom. The van der Waals surface area contributed by atoms with Crippen molar-refractivity contribution in [3.63, 3.8) is 0 Å². The van der Waals surface area contributed by atoms with Crippen LogP contribution < -0.4 is 0 Å². The zero-order chi connectivity index (χ0) is 14.5. The molecule has 1 aromatic heterocycles. The second-order valence-corrected chi connectivity index (χ2v) is 5.52. The van der Waals surface area contributed by atoms with Crippen LogP contribution in [0.3, 0.4) is 0 Å². The van der Waals surface area contributed by atoms with E-state index in [2.05, 4.69) is 30.8 Å². The molecule has 4 nitrogen and oxygen atoms in total. The van der Waals surface area contributed by atoms with Crippen LogP contribution in [0.4, 0.5) is 0 Å². The summed E-state index contributed by atoms with van der Waals surface area (Å²) < 4.78 is 5.70. The highest BCUT2D eigenvalue weighted by atomic mass is 16.5. The molecule has 0 saturated carbocycles. The quantitative estimate of drug-likeness (QED) is 0.793. The Bertz CT molecular complexity index is 421. The van der Waals surface area contributed by atoms with Crippen LogP contribution in [-0.2, 0) is 4.74 Å². The number of rotatable bonds is 4. The van der Waals surface area contributed by atoms with Crippen molar-refractivity contribution in [1.29, 1.82) is 0 Å². The minimum Gasteiger partial charge on any atom is -0.459 e. The third-order valence-corrected chi connectivity index (χ3v) is 4.35. The standard InChI is InChI=1S/C16H24N2O2/c1-4-13-10-15(11-14(5-2)18(13)3)20-16(19)12-6-8-17-9-7-12/h6-9,13-15H,4-5,10-11H2,1-3H3/t13-,14+,15+. The summed E-state index contributed by atoms with van der Waals surface area (Å²) in [6.07, 6.45) is 7.32. The van der Waals surface area contributed by atoms with Crippen LogP contribution in [0.5, 0.6) is 0 Å². The number of carbonyl (C=O) groups excluding carboxylic acids is 1. The molecule has 0 unspecified atom stereocenters. The van der Waals surface area contributed by atoms with Crippen LogP contribution in [0.25, 0.3) is 0 Å². The Morgan fingerprint density at radius 2 is 1.80 bits per heavy atom. The van der Waals surface area contributed by atoms with Crippen molar-refractivity contribution >= 4 is 5.97 Å². The zero-order valence-corrected chi connectivity index (χ0v) is 12.6. The van der Waals surface area contributed by atoms with Gasteiger partial charge in [0, 0.05) is 24.5 Å². The number of ether oxygens (including phenoxy) is 1. The molecule has 1 aromatic rings. The Kier molecular flexibility index (Phi) is 5.12. The summed E-state index contributed by atoms with van der Waals surface area (Å²) in [5.41, 5.74) is 0.583. The molecule has 0 amide bonds. The van der Waals surface area contributed by atoms with Gasteiger partial charge in [0.1, 0.15) is 6.10 Å². The van der Waals surface area contributed by atoms with Crippen LogP contribution in [0.2, 0.25) is 0 Å². The van der Waals surface area contributed by atoms with Crippen molar-refractivity contribution in [2.24, 2.45) is 0 Å². The molecule has 0 radical (unpaired) electrons. The molecule has 0 bridgehead atoms. The first-order valence-electron chi connectivity index (χ1n) is 7.48. The van der Waals surface area contributed by atoms with Gasteiger partial charge in [0.25, 0.3) is 0 Å². The lowest BCUT2D eigenvalue weighted by atomic mass is 9.91. The number of piperidine rings is 1. The van der Waals surface area contributed by atoms with Gasteiger partial charge >= 0.3 is 5.97 Å². The molecule has 1 aliphatic rings. The maximum absolute atomic E-state index is 12.1. The Morgan fingerprint density at radius 3 is 2.30 bits per heavy atom. The van der Waals surface area contributed by atoms with E-state index < -0.39 is 0 Å². The third kappa shape index (κ3) is 3.37. The summed E-state index contributed by atoms with van der Waals surface area (Å²) in [5, 5.41) is 0. The minimum absolute atomic E-state index is 0.0294. The topological polar surface area (TPSA) is 42.4 Å². The van der Waals surface area contributed by atoms with Crippen LogP contribution in [0.15, 0.2) is 24.5 Å². The van der Waals surface area contributed by atoms with E-state index in [4.69, 9.17) is 4.74 Å². The second-order valence-electron chi connectivity index (χ2n) is 5.52. The van der Waals surface area contributed by atoms with Crippen molar-refractivity contribution in [2.45, 2.75) is 57.7 Å². The van der Waals surface area contributed by atoms with Gasteiger partial charge in [-0.3, -0.25) is 4.98 Å². The van der Waals surface area contributed by atoms with Gasteiger partial charge in [-0.2, -0.15) is 0 Å². The maximum atomic E-state index is 12.1. The van der Waals surface area contributed by atoms with E-state index in [1.807, 2.05) is 0 Å². The normalized spacial score (nSPS) is 27.2. The summed E-state index contributed by atoms with van der Waals surface area (Å²) >= 11 is 0. The average molecular weight is 276 g/mol. The van der Waals surface area contributed by atoms with Crippen molar-refractivity contribution in [1.82, 2.24) is 9.88 Å². The zero-order valence-electron chi connectivity index (χ0n) is 12.6. The van der Waals surface area contributed by atoms with E-state index >= 15 is 0 Å². The van der Waals surface area contributed by atoms with Gasteiger partial charge in [0.2, 0.25) is 0 Å². The van der Waals surface area contributed by atoms with Gasteiger partial charge in [0.15, 0.2) is 0 Å². The fourth-order valence-electron chi connectivity index (χ4n) is 3.05. The second kappa shape index (κ2) is 6.84. The number of hydrogen-bond acceptors (Lipinski definition) is 4. The van der Waals surface area contributed by atoms with Crippen molar-refractivity contribution < 1.29 is 9.53 Å². The van der Waals surface area contributed by atoms with Gasteiger partial charge < -0.3 is 9.64 Å². The van der Waals surface area contributed by atoms with E-state index in [1.54, 1.807) is 24.5 Å². The molecular formula is C16H24N2O2. The molecular weight excluding hydrogens is 252 g/mol. The molecule has 20 heavy (non-hydrogen) atoms. The van der Waals surface area contributed by atoms with Gasteiger partial charge in [-0.15, -0.1) is 0 Å². The predicted molar refractivity (Wildman–Crippen MR) is 78.6 cm³/mol. The van der Waals surface area contributed by atoms with E-state index in [0.29, 0.717) is 17.6 Å². The number of nitrogens with zero attached hydrogens (tertiary/aromatic N) is 2. The monoisotopic (exact) mass is 276 g/mol. The molecule has 2 rings (SSSR count). The first kappa shape index (κ1) is 15.0. The number of likely N-dealkylation sites (tertiary alicyclic amines) is 1. The van der Waals surface area contributed by atoms with Crippen LogP contribution in [0.1, 0.15) is 49.9 Å². The van der Waals surface area contributed by atoms with Crippen LogP contribution in [-0.4, -0.2) is 41.1 Å². The van der Waals surface area contributed by atoms with Crippen LogP contribution in [0, 0.1) is 0 Å². The summed E-state index contributed by atoms with van der Waals surface area (Å²) in [6, 6.07) is 4.41. The number of pyridine rings is 1. The Hall–Kier alpha value is -1.42. The molecule has 1 fully saturated rings. The lowest BCUT2D eigenvalue weighted by molar-refractivity contribution is -0.0177. The molecule has 1 saturated heterocycles. The summed E-state index contributed by atoms with van der Waals surface area (Å²) in [5.74, 6) is -0.230. The van der Waals surface area contributed by atoms with Gasteiger partial charge in [-0.05, 0) is 44.9 Å². The SMILES string of the molecule is CC[C@@H]1C[C@H](OC(=O)c2ccncc2)C[C@H](CC)N1C. The number of carbonyl (C=O) groups is 1. The van der Waals surface area contributed by atoms with E-state index in [0.717, 1.165) is 25.7 Å². The van der Waals surface area contributed by atoms with Crippen molar-refractivity contribution in [3.05, 3.63) is 30.1 Å². The van der Waals surface area contributed by atoms with E-state index in [9.17, 15) is 4.79 Å². The van der Waals surface area contributed by atoms with Gasteiger partial charge in [-0.1, -0.05) is 13.8 Å². The molecule has 2 heterocycles. The Balaban J connectivity index is 2.00. The lowest BCUT2D eigenvalue weighted by Gasteiger charge is -2.42. The molecule has 1 aliphatic heterocycles. The van der Waals surface area contributed by atoms with E-state index in [-0.39, 0.29) is 12.1 Å². The first-order valence-corrected chi connectivity index (χ1v) is 7.48. The molecule has 110 valence electrons. The number of aromatic nitrogens is 1. The lowest BCUT2D eigenvalue weighted by Crippen LogP contribution is -2.49. The van der Waals surface area contributed by atoms with E-state index in [1.165, 1.54) is 0 Å². The molecule has 0 spiro atoms. The Labute approximate surface area is 121 Å². The highest BCUT2D eigenvalue weighted by molar-refractivity contribution is 5.89. The summed E-state index contributed by atoms with van der Waals surface area (Å²) in [6.45, 7) is 4.39.